The Morgan fingerprint density at radius 1 is 1.21 bits per heavy atom. The predicted octanol–water partition coefficient (Wildman–Crippen LogP) is 2.43. The van der Waals surface area contributed by atoms with Gasteiger partial charge in [0.05, 0.1) is 6.10 Å². The molecule has 0 aromatic rings. The van der Waals surface area contributed by atoms with Gasteiger partial charge in [-0.15, -0.1) is 0 Å². The van der Waals surface area contributed by atoms with E-state index in [-0.39, 0.29) is 0 Å². The second-order valence-electron chi connectivity index (χ2n) is 4.92. The minimum atomic E-state index is 0.304. The highest BCUT2D eigenvalue weighted by atomic mass is 16.5. The second-order valence-corrected chi connectivity index (χ2v) is 4.92. The zero-order valence-corrected chi connectivity index (χ0v) is 10.2. The minimum absolute atomic E-state index is 0.304. The number of rotatable bonds is 4. The van der Waals surface area contributed by atoms with E-state index >= 15 is 0 Å². The van der Waals surface area contributed by atoms with Crippen LogP contribution in [0.2, 0.25) is 0 Å². The predicted molar refractivity (Wildman–Crippen MR) is 60.4 cm³/mol. The fourth-order valence-corrected chi connectivity index (χ4v) is 2.28. The molecule has 1 N–H and O–H groups in total. The lowest BCUT2D eigenvalue weighted by atomic mass is 9.97. The Bertz CT molecular complexity index is 172. The molecule has 0 bridgehead atoms. The SMILES string of the molecule is COC(C)C(C)NC1CCC(C)C1C. The van der Waals surface area contributed by atoms with E-state index in [1.165, 1.54) is 12.8 Å². The number of hydrogen-bond acceptors (Lipinski definition) is 2. The molecule has 0 aromatic heterocycles. The van der Waals surface area contributed by atoms with Crippen LogP contribution in [-0.2, 0) is 4.74 Å². The van der Waals surface area contributed by atoms with Crippen molar-refractivity contribution in [2.75, 3.05) is 7.11 Å². The fourth-order valence-electron chi connectivity index (χ4n) is 2.28. The van der Waals surface area contributed by atoms with E-state index in [9.17, 15) is 0 Å². The van der Waals surface area contributed by atoms with E-state index in [1.54, 1.807) is 7.11 Å². The minimum Gasteiger partial charge on any atom is -0.380 e. The third-order valence-corrected chi connectivity index (χ3v) is 4.02. The van der Waals surface area contributed by atoms with Gasteiger partial charge in [-0.25, -0.2) is 0 Å². The molecule has 5 atom stereocenters. The number of hydrogen-bond donors (Lipinski definition) is 1. The molecule has 1 rings (SSSR count). The zero-order valence-electron chi connectivity index (χ0n) is 10.2. The number of nitrogens with one attached hydrogen (secondary N) is 1. The summed E-state index contributed by atoms with van der Waals surface area (Å²) in [5.74, 6) is 1.68. The third-order valence-electron chi connectivity index (χ3n) is 4.02. The summed E-state index contributed by atoms with van der Waals surface area (Å²) in [5, 5.41) is 3.68. The molecule has 0 aliphatic heterocycles. The maximum absolute atomic E-state index is 5.32. The van der Waals surface area contributed by atoms with Crippen LogP contribution in [0.5, 0.6) is 0 Å². The molecular weight excluding hydrogens is 174 g/mol. The Labute approximate surface area is 88.4 Å². The number of methoxy groups -OCH3 is 1. The van der Waals surface area contributed by atoms with Crippen molar-refractivity contribution in [1.29, 1.82) is 0 Å². The van der Waals surface area contributed by atoms with Gasteiger partial charge >= 0.3 is 0 Å². The van der Waals surface area contributed by atoms with Crippen LogP contribution >= 0.6 is 0 Å². The van der Waals surface area contributed by atoms with Crippen molar-refractivity contribution in [3.05, 3.63) is 0 Å². The first-order valence-electron chi connectivity index (χ1n) is 5.85. The summed E-state index contributed by atoms with van der Waals surface area (Å²) in [6, 6.07) is 1.15. The summed E-state index contributed by atoms with van der Waals surface area (Å²) in [5.41, 5.74) is 0. The van der Waals surface area contributed by atoms with Crippen LogP contribution in [-0.4, -0.2) is 25.3 Å². The normalized spacial score (nSPS) is 37.1. The van der Waals surface area contributed by atoms with Crippen LogP contribution in [0.4, 0.5) is 0 Å². The van der Waals surface area contributed by atoms with Gasteiger partial charge in [-0.3, -0.25) is 0 Å². The number of ether oxygens (including phenoxy) is 1. The van der Waals surface area contributed by atoms with Gasteiger partial charge in [0.25, 0.3) is 0 Å². The molecule has 2 heteroatoms. The Morgan fingerprint density at radius 3 is 2.29 bits per heavy atom. The van der Waals surface area contributed by atoms with Gasteiger partial charge in [-0.05, 0) is 38.5 Å². The van der Waals surface area contributed by atoms with Crippen LogP contribution in [0, 0.1) is 11.8 Å². The van der Waals surface area contributed by atoms with Crippen LogP contribution in [0.3, 0.4) is 0 Å². The lowest BCUT2D eigenvalue weighted by Crippen LogP contribution is -2.44. The van der Waals surface area contributed by atoms with E-state index in [1.807, 2.05) is 0 Å². The van der Waals surface area contributed by atoms with Crippen molar-refractivity contribution in [2.45, 2.75) is 58.7 Å². The highest BCUT2D eigenvalue weighted by Crippen LogP contribution is 2.31. The summed E-state index contributed by atoms with van der Waals surface area (Å²) < 4.78 is 5.32. The first kappa shape index (κ1) is 12.0. The first-order chi connectivity index (χ1) is 6.56. The Kier molecular flexibility index (Phi) is 4.39. The molecule has 5 unspecified atom stereocenters. The summed E-state index contributed by atoms with van der Waals surface area (Å²) in [6.07, 6.45) is 2.99. The van der Waals surface area contributed by atoms with Crippen LogP contribution < -0.4 is 5.32 Å². The molecule has 1 fully saturated rings. The van der Waals surface area contributed by atoms with Crippen molar-refractivity contribution >= 4 is 0 Å². The van der Waals surface area contributed by atoms with Crippen molar-refractivity contribution in [2.24, 2.45) is 11.8 Å². The second kappa shape index (κ2) is 5.13. The molecule has 0 radical (unpaired) electrons. The van der Waals surface area contributed by atoms with Crippen LogP contribution in [0.25, 0.3) is 0 Å². The monoisotopic (exact) mass is 199 g/mol. The molecule has 0 saturated heterocycles. The smallest absolute Gasteiger partial charge is 0.0693 e. The van der Waals surface area contributed by atoms with Gasteiger partial charge in [-0.1, -0.05) is 13.8 Å². The van der Waals surface area contributed by atoms with E-state index in [2.05, 4.69) is 33.0 Å². The van der Waals surface area contributed by atoms with E-state index in [4.69, 9.17) is 4.74 Å². The first-order valence-corrected chi connectivity index (χ1v) is 5.85. The largest absolute Gasteiger partial charge is 0.380 e. The van der Waals surface area contributed by atoms with Crippen molar-refractivity contribution in [1.82, 2.24) is 5.32 Å². The summed E-state index contributed by atoms with van der Waals surface area (Å²) in [7, 11) is 1.78. The van der Waals surface area contributed by atoms with Gasteiger partial charge in [0.2, 0.25) is 0 Å². The van der Waals surface area contributed by atoms with Gasteiger partial charge in [0.15, 0.2) is 0 Å². The quantitative estimate of drug-likeness (QED) is 0.751. The maximum atomic E-state index is 5.32. The molecule has 0 aromatic carbocycles. The Morgan fingerprint density at radius 2 is 1.86 bits per heavy atom. The molecule has 84 valence electrons. The summed E-state index contributed by atoms with van der Waals surface area (Å²) in [6.45, 7) is 9.06. The van der Waals surface area contributed by atoms with E-state index in [0.717, 1.165) is 11.8 Å². The van der Waals surface area contributed by atoms with Gasteiger partial charge in [0.1, 0.15) is 0 Å². The van der Waals surface area contributed by atoms with Gasteiger partial charge < -0.3 is 10.1 Å². The molecule has 2 nitrogen and oxygen atoms in total. The highest BCUT2D eigenvalue weighted by molar-refractivity contribution is 4.87. The van der Waals surface area contributed by atoms with Crippen molar-refractivity contribution in [3.8, 4) is 0 Å². The molecule has 0 spiro atoms. The molecule has 1 aliphatic carbocycles. The summed E-state index contributed by atoms with van der Waals surface area (Å²) >= 11 is 0. The Hall–Kier alpha value is -0.0800. The fraction of sp³-hybridized carbons (Fsp3) is 1.00. The molecule has 0 amide bonds. The van der Waals surface area contributed by atoms with E-state index in [0.29, 0.717) is 18.2 Å². The third kappa shape index (κ3) is 2.71. The summed E-state index contributed by atoms with van der Waals surface area (Å²) in [4.78, 5) is 0. The van der Waals surface area contributed by atoms with Crippen molar-refractivity contribution in [3.63, 3.8) is 0 Å². The Balaban J connectivity index is 2.37. The zero-order chi connectivity index (χ0) is 10.7. The van der Waals surface area contributed by atoms with E-state index < -0.39 is 0 Å². The van der Waals surface area contributed by atoms with Crippen molar-refractivity contribution < 1.29 is 4.74 Å². The lowest BCUT2D eigenvalue weighted by Gasteiger charge is -2.27. The highest BCUT2D eigenvalue weighted by Gasteiger charge is 2.30. The van der Waals surface area contributed by atoms with Crippen LogP contribution in [0.1, 0.15) is 40.5 Å². The molecule has 14 heavy (non-hydrogen) atoms. The maximum Gasteiger partial charge on any atom is 0.0693 e. The lowest BCUT2D eigenvalue weighted by molar-refractivity contribution is 0.0820. The van der Waals surface area contributed by atoms with Gasteiger partial charge in [-0.2, -0.15) is 0 Å². The average molecular weight is 199 g/mol. The molecule has 0 heterocycles. The molecular formula is C12H25NO. The van der Waals surface area contributed by atoms with Crippen LogP contribution in [0.15, 0.2) is 0 Å². The average Bonchev–Trinajstić information content (AvgIpc) is 2.48. The molecule has 1 saturated carbocycles. The van der Waals surface area contributed by atoms with Gasteiger partial charge in [0, 0.05) is 19.2 Å². The standard InChI is InChI=1S/C12H25NO/c1-8-6-7-12(9(8)2)13-10(3)11(4)14-5/h8-13H,6-7H2,1-5H3. The molecule has 1 aliphatic rings. The topological polar surface area (TPSA) is 21.3 Å².